The summed E-state index contributed by atoms with van der Waals surface area (Å²) in [6, 6.07) is 0. The molecular weight excluding hydrogens is 211 g/mol. The van der Waals surface area contributed by atoms with E-state index in [9.17, 15) is 24.6 Å². The van der Waals surface area contributed by atoms with Gasteiger partial charge in [-0.2, -0.15) is 16.8 Å². The van der Waals surface area contributed by atoms with E-state index in [-0.39, 0.29) is 0 Å². The van der Waals surface area contributed by atoms with Gasteiger partial charge in [-0.05, 0) is 0 Å². The number of nitrogens with two attached hydrogens (primary N) is 1. The molecule has 0 amide bonds. The van der Waals surface area contributed by atoms with Gasteiger partial charge in [-0.1, -0.05) is 7.77 Å². The van der Waals surface area contributed by atoms with Crippen molar-refractivity contribution in [3.8, 4) is 0 Å². The molecule has 0 bridgehead atoms. The molecule has 0 heterocycles. The predicted octanol–water partition coefficient (Wildman–Crippen LogP) is -0.229. The highest BCUT2D eigenvalue weighted by atomic mass is 33.1. The summed E-state index contributed by atoms with van der Waals surface area (Å²) in [7, 11) is -11.0. The maximum Gasteiger partial charge on any atom is 0.350 e. The van der Waals surface area contributed by atoms with Crippen molar-refractivity contribution in [1.82, 2.24) is 0 Å². The molecule has 62 valence electrons. The third kappa shape index (κ3) is 2.82. The molecule has 0 spiro atoms. The van der Waals surface area contributed by atoms with Crippen LogP contribution in [0.5, 0.6) is 0 Å². The fourth-order valence-electron chi connectivity index (χ4n) is 0.106. The van der Waals surface area contributed by atoms with Gasteiger partial charge in [0.1, 0.15) is 0 Å². The second-order valence-electron chi connectivity index (χ2n) is 1.11. The van der Waals surface area contributed by atoms with Crippen LogP contribution in [0.15, 0.2) is 0 Å². The van der Waals surface area contributed by atoms with Crippen LogP contribution in [0.1, 0.15) is 0 Å². The molecule has 0 atom stereocenters. The van der Waals surface area contributed by atoms with Gasteiger partial charge in [0.25, 0.3) is 6.48 Å². The summed E-state index contributed by atoms with van der Waals surface area (Å²) < 4.78 is 61.5. The van der Waals surface area contributed by atoms with E-state index in [4.69, 9.17) is 0 Å². The summed E-state index contributed by atoms with van der Waals surface area (Å²) >= 11 is 0. The van der Waals surface area contributed by atoms with Crippen molar-refractivity contribution < 1.29 is 24.6 Å². The zero-order valence-electron chi connectivity index (χ0n) is 4.23. The first kappa shape index (κ1) is 10.2. The van der Waals surface area contributed by atoms with Crippen LogP contribution in [0.25, 0.3) is 0 Å². The Bertz CT molecular complexity index is 270. The largest absolute Gasteiger partial charge is 0.350 e. The number of halogens is 2. The summed E-state index contributed by atoms with van der Waals surface area (Å²) in [4.78, 5) is 0. The Kier molecular flexibility index (Phi) is 2.69. The van der Waals surface area contributed by atoms with Gasteiger partial charge in [0.2, 0.25) is 0 Å². The average Bonchev–Trinajstić information content (AvgIpc) is 1.59. The van der Waals surface area contributed by atoms with Gasteiger partial charge in [-0.15, -0.1) is 0 Å². The highest BCUT2D eigenvalue weighted by molar-refractivity contribution is 8.79. The van der Waals surface area contributed by atoms with Gasteiger partial charge in [0.05, 0.1) is 0 Å². The normalized spacial score (nSPS) is 14.0. The lowest BCUT2D eigenvalue weighted by Gasteiger charge is -1.96. The van der Waals surface area contributed by atoms with E-state index < -0.39 is 26.2 Å². The molecule has 0 fully saturated rings. The van der Waals surface area contributed by atoms with E-state index in [2.05, 4.69) is 5.50 Å². The Balaban J connectivity index is 4.94. The Morgan fingerprint density at radius 1 is 1.00 bits per heavy atom. The topological polar surface area (TPSA) is 94.3 Å². The zero-order valence-corrected chi connectivity index (χ0v) is 6.76. The van der Waals surface area contributed by atoms with Crippen molar-refractivity contribution in [3.63, 3.8) is 0 Å². The van der Waals surface area contributed by atoms with E-state index in [0.29, 0.717) is 0 Å². The van der Waals surface area contributed by atoms with Crippen LogP contribution >= 0.6 is 6.48 Å². The highest BCUT2D eigenvalue weighted by Gasteiger charge is 2.35. The summed E-state index contributed by atoms with van der Waals surface area (Å²) in [5.41, 5.74) is 4.17. The lowest BCUT2D eigenvalue weighted by molar-refractivity contribution is 0.565. The second-order valence-corrected chi connectivity index (χ2v) is 9.00. The molecule has 0 unspecified atom stereocenters. The monoisotopic (exact) mass is 213 g/mol. The maximum atomic E-state index is 11.5. The molecule has 0 aromatic carbocycles. The molecule has 0 aromatic heterocycles. The molecule has 0 aliphatic rings. The van der Waals surface area contributed by atoms with Gasteiger partial charge >= 0.3 is 19.7 Å². The van der Waals surface area contributed by atoms with Crippen LogP contribution in [0.3, 0.4) is 0 Å². The van der Waals surface area contributed by atoms with Crippen LogP contribution in [0.4, 0.5) is 7.77 Å². The van der Waals surface area contributed by atoms with Gasteiger partial charge in [0, 0.05) is 0 Å². The predicted molar refractivity (Wildman–Crippen MR) is 31.2 cm³/mol. The minimum absolute atomic E-state index is 3.75. The molecule has 10 heavy (non-hydrogen) atoms. The van der Waals surface area contributed by atoms with Crippen molar-refractivity contribution in [2.75, 3.05) is 0 Å². The van der Waals surface area contributed by atoms with Gasteiger partial charge in [-0.25, -0.2) is 0 Å². The Hall–Kier alpha value is 0.150. The van der Waals surface area contributed by atoms with E-state index in [1.807, 2.05) is 0 Å². The van der Waals surface area contributed by atoms with E-state index in [1.165, 1.54) is 0 Å². The van der Waals surface area contributed by atoms with Gasteiger partial charge in [-0.3, -0.25) is 5.50 Å². The summed E-state index contributed by atoms with van der Waals surface area (Å²) in [5.74, 6) is 0. The summed E-state index contributed by atoms with van der Waals surface area (Å²) in [6.07, 6.45) is 0. The first-order chi connectivity index (χ1) is 4.15. The molecule has 0 aliphatic carbocycles. The minimum Gasteiger partial charge on any atom is -0.280 e. The van der Waals surface area contributed by atoms with Crippen LogP contribution in [0.2, 0.25) is 0 Å². The van der Waals surface area contributed by atoms with E-state index in [0.717, 1.165) is 0 Å². The summed E-state index contributed by atoms with van der Waals surface area (Å²) in [5, 5.41) is 0. The number of rotatable bonds is 2. The van der Waals surface area contributed by atoms with Gasteiger partial charge in [0.15, 0.2) is 0 Å². The molecule has 0 saturated heterocycles. The molecule has 10 heteroatoms. The highest BCUT2D eigenvalue weighted by Crippen LogP contribution is 2.43. The van der Waals surface area contributed by atoms with E-state index >= 15 is 0 Å². The Morgan fingerprint density at radius 2 is 1.20 bits per heavy atom. The molecule has 0 aromatic rings. The van der Waals surface area contributed by atoms with Crippen molar-refractivity contribution >= 4 is 26.2 Å². The first-order valence-electron chi connectivity index (χ1n) is 1.60. The average molecular weight is 213 g/mol. The number of hydrogen-bond donors (Lipinski definition) is 1. The van der Waals surface area contributed by atoms with Crippen molar-refractivity contribution in [2.45, 2.75) is 0 Å². The van der Waals surface area contributed by atoms with E-state index in [1.54, 1.807) is 0 Å². The van der Waals surface area contributed by atoms with Crippen LogP contribution in [-0.2, 0) is 19.7 Å². The first-order valence-corrected chi connectivity index (χ1v) is 6.99. The molecule has 0 radical (unpaired) electrons. The lowest BCUT2D eigenvalue weighted by Crippen LogP contribution is -2.04. The SMILES string of the molecule is NP(S(=O)(=O)F)S(=O)(=O)F. The van der Waals surface area contributed by atoms with Crippen molar-refractivity contribution in [2.24, 2.45) is 5.50 Å². The summed E-state index contributed by atoms with van der Waals surface area (Å²) in [6.45, 7) is -3.75. The Morgan fingerprint density at radius 3 is 1.20 bits per heavy atom. The molecular formula is H2F2NO4PS2. The quantitative estimate of drug-likeness (QED) is 0.505. The zero-order chi connectivity index (χ0) is 8.58. The van der Waals surface area contributed by atoms with Crippen LogP contribution < -0.4 is 5.50 Å². The maximum absolute atomic E-state index is 11.5. The molecule has 2 N–H and O–H groups in total. The molecule has 0 saturated carbocycles. The lowest BCUT2D eigenvalue weighted by atomic mass is 13.9. The third-order valence-electron chi connectivity index (χ3n) is 0.430. The standard InChI is InChI=1S/F2H2NO4PS2/c1-9(4,5)8(3)10(2,6)7/h3H2. The second kappa shape index (κ2) is 2.65. The minimum atomic E-state index is -5.48. The Labute approximate surface area is 56.9 Å². The molecule has 0 rings (SSSR count). The van der Waals surface area contributed by atoms with Crippen LogP contribution in [0, 0.1) is 0 Å². The smallest absolute Gasteiger partial charge is 0.280 e. The third-order valence-corrected chi connectivity index (χ3v) is 7.07. The van der Waals surface area contributed by atoms with Crippen molar-refractivity contribution in [3.05, 3.63) is 0 Å². The van der Waals surface area contributed by atoms with Crippen LogP contribution in [-0.4, -0.2) is 16.8 Å². The molecule has 0 aliphatic heterocycles. The number of hydrogen-bond acceptors (Lipinski definition) is 5. The molecule has 5 nitrogen and oxygen atoms in total. The van der Waals surface area contributed by atoms with Gasteiger partial charge < -0.3 is 0 Å². The fraction of sp³-hybridized carbons (Fsp3) is 0. The van der Waals surface area contributed by atoms with Crippen molar-refractivity contribution in [1.29, 1.82) is 0 Å². The fourth-order valence-corrected chi connectivity index (χ4v) is 2.87.